The van der Waals surface area contributed by atoms with Gasteiger partial charge in [-0.1, -0.05) is 18.2 Å². The second-order valence-electron chi connectivity index (χ2n) is 9.73. The van der Waals surface area contributed by atoms with E-state index in [0.29, 0.717) is 12.2 Å². The fourth-order valence-corrected chi connectivity index (χ4v) is 6.47. The Morgan fingerprint density at radius 3 is 2.60 bits per heavy atom. The smallest absolute Gasteiger partial charge is 0.249 e. The number of hydrogen-bond donors (Lipinski definition) is 3. The van der Waals surface area contributed by atoms with E-state index >= 15 is 0 Å². The Morgan fingerprint density at radius 2 is 1.91 bits per heavy atom. The normalized spacial score (nSPS) is 24.4. The Balaban J connectivity index is 1.61. The van der Waals surface area contributed by atoms with Gasteiger partial charge in [-0.05, 0) is 66.1 Å². The summed E-state index contributed by atoms with van der Waals surface area (Å²) in [6.07, 6.45) is 2.13. The summed E-state index contributed by atoms with van der Waals surface area (Å²) in [4.78, 5) is 41.7. The SMILES string of the molecule is CN[C@@H](C)C(=O)NC1CCC[C@H]2SC(C)(C)[C@@H](C(=O)Nc3cc(C)nn3-c3ccccc3)N2C1=O. The van der Waals surface area contributed by atoms with Gasteiger partial charge in [-0.3, -0.25) is 14.4 Å². The number of carbonyl (C=O) groups is 3. The summed E-state index contributed by atoms with van der Waals surface area (Å²) in [6.45, 7) is 7.63. The number of para-hydroxylation sites is 1. The van der Waals surface area contributed by atoms with Gasteiger partial charge in [0.15, 0.2) is 0 Å². The molecule has 2 aromatic rings. The Hall–Kier alpha value is -2.85. The minimum atomic E-state index is -0.691. The molecule has 188 valence electrons. The molecule has 1 aromatic carbocycles. The quantitative estimate of drug-likeness (QED) is 0.565. The minimum Gasteiger partial charge on any atom is -0.343 e. The third-order valence-corrected chi connectivity index (χ3v) is 8.22. The van der Waals surface area contributed by atoms with Crippen molar-refractivity contribution in [2.75, 3.05) is 12.4 Å². The third-order valence-electron chi connectivity index (χ3n) is 6.66. The summed E-state index contributed by atoms with van der Waals surface area (Å²) < 4.78 is 1.20. The van der Waals surface area contributed by atoms with Gasteiger partial charge in [0.05, 0.1) is 22.8 Å². The molecule has 35 heavy (non-hydrogen) atoms. The summed E-state index contributed by atoms with van der Waals surface area (Å²) in [5.74, 6) is -0.127. The number of likely N-dealkylation sites (N-methyl/N-ethyl adjacent to an activating group) is 1. The molecule has 3 N–H and O–H groups in total. The fourth-order valence-electron chi connectivity index (χ4n) is 4.79. The monoisotopic (exact) mass is 498 g/mol. The molecule has 10 heteroatoms. The molecule has 1 aromatic heterocycles. The number of carbonyl (C=O) groups excluding carboxylic acids is 3. The van der Waals surface area contributed by atoms with Crippen molar-refractivity contribution in [2.24, 2.45) is 0 Å². The Morgan fingerprint density at radius 1 is 1.20 bits per heavy atom. The predicted octanol–water partition coefficient (Wildman–Crippen LogP) is 2.44. The molecule has 0 aliphatic carbocycles. The second-order valence-corrected chi connectivity index (χ2v) is 11.6. The molecular weight excluding hydrogens is 464 g/mol. The number of hydrogen-bond acceptors (Lipinski definition) is 6. The van der Waals surface area contributed by atoms with Crippen molar-refractivity contribution in [3.05, 3.63) is 42.1 Å². The molecule has 2 saturated heterocycles. The van der Waals surface area contributed by atoms with Crippen molar-refractivity contribution < 1.29 is 14.4 Å². The zero-order valence-corrected chi connectivity index (χ0v) is 21.7. The number of aromatic nitrogens is 2. The van der Waals surface area contributed by atoms with E-state index in [9.17, 15) is 14.4 Å². The van der Waals surface area contributed by atoms with Crippen LogP contribution in [0.2, 0.25) is 0 Å². The van der Waals surface area contributed by atoms with E-state index in [1.165, 1.54) is 0 Å². The van der Waals surface area contributed by atoms with E-state index in [0.717, 1.165) is 24.2 Å². The van der Waals surface area contributed by atoms with Crippen LogP contribution in [0, 0.1) is 6.92 Å². The standard InChI is InChI=1S/C25H34N6O3S/c1-15-14-19(31(29-15)17-10-7-6-8-11-17)28-23(33)21-25(3,4)35-20-13-9-12-18(24(34)30(20)21)27-22(32)16(2)26-5/h6-8,10-11,14,16,18,20-21,26H,9,12-13H2,1-5H3,(H,27,32)(H,28,33)/t16-,18?,20+,21+/m0/s1. The summed E-state index contributed by atoms with van der Waals surface area (Å²) >= 11 is 1.65. The van der Waals surface area contributed by atoms with E-state index in [2.05, 4.69) is 21.0 Å². The van der Waals surface area contributed by atoms with Crippen molar-refractivity contribution >= 4 is 35.3 Å². The first kappa shape index (κ1) is 25.2. The third kappa shape index (κ3) is 5.08. The highest BCUT2D eigenvalue weighted by molar-refractivity contribution is 8.01. The highest BCUT2D eigenvalue weighted by Crippen LogP contribution is 2.48. The number of anilines is 1. The lowest BCUT2D eigenvalue weighted by molar-refractivity contribution is -0.142. The lowest BCUT2D eigenvalue weighted by atomic mass is 9.99. The molecule has 3 heterocycles. The topological polar surface area (TPSA) is 108 Å². The van der Waals surface area contributed by atoms with Crippen LogP contribution in [0.25, 0.3) is 5.69 Å². The van der Waals surface area contributed by atoms with Crippen LogP contribution in [0.5, 0.6) is 0 Å². The molecule has 0 saturated carbocycles. The number of amides is 3. The molecule has 4 rings (SSSR count). The van der Waals surface area contributed by atoms with Crippen molar-refractivity contribution in [3.8, 4) is 5.69 Å². The lowest BCUT2D eigenvalue weighted by Crippen LogP contribution is -2.58. The number of benzene rings is 1. The molecule has 1 unspecified atom stereocenters. The molecule has 9 nitrogen and oxygen atoms in total. The maximum atomic E-state index is 13.8. The second kappa shape index (κ2) is 10.0. The Labute approximate surface area is 210 Å². The van der Waals surface area contributed by atoms with E-state index in [-0.39, 0.29) is 23.1 Å². The van der Waals surface area contributed by atoms with Crippen LogP contribution in [0.4, 0.5) is 5.82 Å². The number of fused-ring (bicyclic) bond motifs is 1. The van der Waals surface area contributed by atoms with Gasteiger partial charge >= 0.3 is 0 Å². The number of aryl methyl sites for hydroxylation is 1. The van der Waals surface area contributed by atoms with Crippen LogP contribution < -0.4 is 16.0 Å². The zero-order valence-electron chi connectivity index (χ0n) is 20.9. The molecule has 3 amide bonds. The van der Waals surface area contributed by atoms with Gasteiger partial charge in [0.2, 0.25) is 17.7 Å². The minimum absolute atomic E-state index is 0.113. The average molecular weight is 499 g/mol. The largest absolute Gasteiger partial charge is 0.343 e. The van der Waals surface area contributed by atoms with Gasteiger partial charge in [0.1, 0.15) is 17.9 Å². The first-order valence-corrected chi connectivity index (χ1v) is 12.9. The predicted molar refractivity (Wildman–Crippen MR) is 137 cm³/mol. The maximum absolute atomic E-state index is 13.8. The lowest BCUT2D eigenvalue weighted by Gasteiger charge is -2.33. The first-order valence-electron chi connectivity index (χ1n) is 12.0. The highest BCUT2D eigenvalue weighted by Gasteiger charge is 2.54. The van der Waals surface area contributed by atoms with E-state index in [1.807, 2.05) is 57.2 Å². The van der Waals surface area contributed by atoms with Crippen molar-refractivity contribution in [2.45, 2.75) is 75.2 Å². The average Bonchev–Trinajstić information content (AvgIpc) is 3.28. The zero-order chi connectivity index (χ0) is 25.3. The summed E-state index contributed by atoms with van der Waals surface area (Å²) in [5.41, 5.74) is 1.61. The van der Waals surface area contributed by atoms with E-state index in [1.54, 1.807) is 35.3 Å². The first-order chi connectivity index (χ1) is 16.6. The summed E-state index contributed by atoms with van der Waals surface area (Å²) in [6, 6.07) is 9.67. The van der Waals surface area contributed by atoms with Crippen LogP contribution in [-0.4, -0.2) is 67.7 Å². The van der Waals surface area contributed by atoms with Crippen molar-refractivity contribution in [1.82, 2.24) is 25.3 Å². The van der Waals surface area contributed by atoms with Gasteiger partial charge in [0, 0.05) is 10.8 Å². The molecule has 0 spiro atoms. The molecule has 0 bridgehead atoms. The van der Waals surface area contributed by atoms with E-state index < -0.39 is 22.9 Å². The molecule has 0 radical (unpaired) electrons. The summed E-state index contributed by atoms with van der Waals surface area (Å²) in [5, 5.41) is 13.3. The Kier molecular flexibility index (Phi) is 7.23. The number of nitrogens with one attached hydrogen (secondary N) is 3. The fraction of sp³-hybridized carbons (Fsp3) is 0.520. The summed E-state index contributed by atoms with van der Waals surface area (Å²) in [7, 11) is 1.71. The maximum Gasteiger partial charge on any atom is 0.249 e. The molecule has 4 atom stereocenters. The number of thioether (sulfide) groups is 1. The van der Waals surface area contributed by atoms with Crippen LogP contribution in [0.3, 0.4) is 0 Å². The van der Waals surface area contributed by atoms with Crippen molar-refractivity contribution in [3.63, 3.8) is 0 Å². The van der Waals surface area contributed by atoms with Gasteiger partial charge in [-0.25, -0.2) is 4.68 Å². The molecule has 2 aliphatic rings. The molecule has 2 aliphatic heterocycles. The van der Waals surface area contributed by atoms with Crippen LogP contribution in [0.15, 0.2) is 36.4 Å². The highest BCUT2D eigenvalue weighted by atomic mass is 32.2. The van der Waals surface area contributed by atoms with Crippen LogP contribution in [0.1, 0.15) is 45.7 Å². The van der Waals surface area contributed by atoms with Crippen LogP contribution in [-0.2, 0) is 14.4 Å². The molecular formula is C25H34N6O3S. The van der Waals surface area contributed by atoms with Crippen LogP contribution >= 0.6 is 11.8 Å². The molecule has 2 fully saturated rings. The van der Waals surface area contributed by atoms with E-state index in [4.69, 9.17) is 0 Å². The van der Waals surface area contributed by atoms with Gasteiger partial charge < -0.3 is 20.9 Å². The van der Waals surface area contributed by atoms with Crippen molar-refractivity contribution in [1.29, 1.82) is 0 Å². The number of rotatable bonds is 6. The number of nitrogens with zero attached hydrogens (tertiary/aromatic N) is 3. The van der Waals surface area contributed by atoms with Gasteiger partial charge in [0.25, 0.3) is 0 Å². The van der Waals surface area contributed by atoms with Gasteiger partial charge in [-0.15, -0.1) is 11.8 Å². The van der Waals surface area contributed by atoms with Gasteiger partial charge in [-0.2, -0.15) is 5.10 Å². The Bertz CT molecular complexity index is 1100.